The lowest BCUT2D eigenvalue weighted by atomic mass is 9.73. The van der Waals surface area contributed by atoms with Gasteiger partial charge in [-0.25, -0.2) is 9.59 Å². The molecule has 1 atom stereocenters. The number of carbonyl (C=O) groups is 2. The minimum absolute atomic E-state index is 0.00430. The molecule has 2 aliphatic rings. The van der Waals surface area contributed by atoms with E-state index in [0.717, 1.165) is 31.2 Å². The molecule has 6 nitrogen and oxygen atoms in total. The first-order valence-electron chi connectivity index (χ1n) is 10.5. The molecule has 1 heterocycles. The fourth-order valence-electron chi connectivity index (χ4n) is 3.97. The molecule has 1 aliphatic heterocycles. The van der Waals surface area contributed by atoms with Gasteiger partial charge in [0.2, 0.25) is 0 Å². The van der Waals surface area contributed by atoms with E-state index in [-0.39, 0.29) is 5.41 Å². The topological polar surface area (TPSA) is 87.1 Å². The highest BCUT2D eigenvalue weighted by Crippen LogP contribution is 2.45. The molecule has 1 unspecified atom stereocenters. The molecule has 164 valence electrons. The van der Waals surface area contributed by atoms with E-state index in [2.05, 4.69) is 66.5 Å². The van der Waals surface area contributed by atoms with Crippen LogP contribution in [0.25, 0.3) is 0 Å². The van der Waals surface area contributed by atoms with E-state index in [9.17, 15) is 9.59 Å². The zero-order valence-corrected chi connectivity index (χ0v) is 17.7. The normalized spacial score (nSPS) is 19.4. The molecule has 2 aromatic carbocycles. The van der Waals surface area contributed by atoms with Crippen LogP contribution in [0.3, 0.4) is 0 Å². The molecule has 0 spiro atoms. The number of fused-ring (bicyclic) bond motifs is 1. The van der Waals surface area contributed by atoms with Crippen molar-refractivity contribution in [2.75, 3.05) is 26.7 Å². The highest BCUT2D eigenvalue weighted by atomic mass is 16.5. The number of hydrogen-bond acceptors (Lipinski definition) is 4. The van der Waals surface area contributed by atoms with Crippen molar-refractivity contribution in [1.29, 1.82) is 0 Å². The van der Waals surface area contributed by atoms with Crippen LogP contribution in [0.5, 0.6) is 5.75 Å². The third kappa shape index (κ3) is 6.18. The van der Waals surface area contributed by atoms with Crippen molar-refractivity contribution < 1.29 is 24.5 Å². The lowest BCUT2D eigenvalue weighted by Gasteiger charge is -2.31. The van der Waals surface area contributed by atoms with Gasteiger partial charge in [-0.3, -0.25) is 0 Å². The molecule has 4 rings (SSSR count). The van der Waals surface area contributed by atoms with Gasteiger partial charge >= 0.3 is 11.9 Å². The highest BCUT2D eigenvalue weighted by Gasteiger charge is 2.42. The Bertz CT molecular complexity index is 907. The average Bonchev–Trinajstić information content (AvgIpc) is 3.50. The van der Waals surface area contributed by atoms with E-state index in [0.29, 0.717) is 12.2 Å². The molecule has 0 radical (unpaired) electrons. The second-order valence-corrected chi connectivity index (χ2v) is 8.20. The minimum Gasteiger partial charge on any atom is -0.492 e. The molecule has 0 amide bonds. The Kier molecular flexibility index (Phi) is 7.47. The van der Waals surface area contributed by atoms with E-state index < -0.39 is 11.9 Å². The summed E-state index contributed by atoms with van der Waals surface area (Å²) in [5.41, 5.74) is 2.73. The van der Waals surface area contributed by atoms with Crippen LogP contribution in [0.4, 0.5) is 0 Å². The summed E-state index contributed by atoms with van der Waals surface area (Å²) in [5, 5.41) is 15.6. The number of aliphatic carboxylic acids is 2. The van der Waals surface area contributed by atoms with Gasteiger partial charge in [0.15, 0.2) is 0 Å². The summed E-state index contributed by atoms with van der Waals surface area (Å²) in [5.74, 6) is -0.513. The summed E-state index contributed by atoms with van der Waals surface area (Å²) in [6, 6.07) is 19.5. The Morgan fingerprint density at radius 2 is 1.65 bits per heavy atom. The Hall–Kier alpha value is -3.12. The van der Waals surface area contributed by atoms with Crippen molar-refractivity contribution in [2.45, 2.75) is 24.7 Å². The fraction of sp³-hybridized carbons (Fsp3) is 0.360. The van der Waals surface area contributed by atoms with Crippen LogP contribution in [0.1, 0.15) is 30.4 Å². The molecule has 1 saturated carbocycles. The summed E-state index contributed by atoms with van der Waals surface area (Å²) in [4.78, 5) is 21.6. The third-order valence-electron chi connectivity index (χ3n) is 5.76. The number of para-hydroxylation sites is 1. The standard InChI is InChI=1S/C21H25NO.C4H4O4/c1-22(15-17-11-12-17)14-13-21(18-7-3-2-4-8-18)16-23-20-10-6-5-9-19(20)21;5-3(6)1-2-4(7)8/h2-10,17H,11-16H2,1H3;1-2H,(H,5,6)(H,7,8). The van der Waals surface area contributed by atoms with Crippen molar-refractivity contribution in [1.82, 2.24) is 4.90 Å². The molecule has 2 aromatic rings. The Balaban J connectivity index is 0.000000293. The molecule has 0 saturated heterocycles. The predicted molar refractivity (Wildman–Crippen MR) is 118 cm³/mol. The van der Waals surface area contributed by atoms with E-state index in [4.69, 9.17) is 14.9 Å². The number of benzene rings is 2. The van der Waals surface area contributed by atoms with Gasteiger partial charge in [0.1, 0.15) is 12.4 Å². The Labute approximate surface area is 182 Å². The van der Waals surface area contributed by atoms with Gasteiger partial charge < -0.3 is 19.8 Å². The molecule has 2 N–H and O–H groups in total. The van der Waals surface area contributed by atoms with Gasteiger partial charge in [-0.15, -0.1) is 0 Å². The van der Waals surface area contributed by atoms with Crippen LogP contribution in [0, 0.1) is 5.92 Å². The van der Waals surface area contributed by atoms with Crippen LogP contribution in [-0.2, 0) is 15.0 Å². The third-order valence-corrected chi connectivity index (χ3v) is 5.76. The fourth-order valence-corrected chi connectivity index (χ4v) is 3.97. The summed E-state index contributed by atoms with van der Waals surface area (Å²) in [7, 11) is 2.26. The summed E-state index contributed by atoms with van der Waals surface area (Å²) >= 11 is 0. The van der Waals surface area contributed by atoms with Gasteiger partial charge in [-0.05, 0) is 50.4 Å². The maximum atomic E-state index is 9.55. The van der Waals surface area contributed by atoms with Gasteiger partial charge in [0.25, 0.3) is 0 Å². The molecule has 31 heavy (non-hydrogen) atoms. The van der Waals surface area contributed by atoms with Crippen molar-refractivity contribution in [3.8, 4) is 5.75 Å². The maximum Gasteiger partial charge on any atom is 0.328 e. The first-order valence-corrected chi connectivity index (χ1v) is 10.5. The quantitative estimate of drug-likeness (QED) is 0.628. The molecule has 1 aliphatic carbocycles. The van der Waals surface area contributed by atoms with E-state index in [1.165, 1.54) is 30.5 Å². The van der Waals surface area contributed by atoms with E-state index >= 15 is 0 Å². The number of hydrogen-bond donors (Lipinski definition) is 2. The first-order chi connectivity index (χ1) is 14.9. The highest BCUT2D eigenvalue weighted by molar-refractivity contribution is 5.89. The second kappa shape index (κ2) is 10.3. The zero-order valence-electron chi connectivity index (χ0n) is 17.7. The van der Waals surface area contributed by atoms with Crippen molar-refractivity contribution >= 4 is 11.9 Å². The predicted octanol–water partition coefficient (Wildman–Crippen LogP) is 3.81. The van der Waals surface area contributed by atoms with Crippen molar-refractivity contribution in [3.63, 3.8) is 0 Å². The SMILES string of the molecule is CN(CCC1(c2ccccc2)COc2ccccc21)CC1CC1.O=C(O)C=CC(=O)O. The molecule has 0 bridgehead atoms. The van der Waals surface area contributed by atoms with E-state index in [1.54, 1.807) is 0 Å². The lowest BCUT2D eigenvalue weighted by Crippen LogP contribution is -2.35. The zero-order chi connectivity index (χ0) is 22.3. The largest absolute Gasteiger partial charge is 0.492 e. The molecular weight excluding hydrogens is 394 g/mol. The van der Waals surface area contributed by atoms with Crippen LogP contribution < -0.4 is 4.74 Å². The summed E-state index contributed by atoms with van der Waals surface area (Å²) in [6.45, 7) is 3.12. The van der Waals surface area contributed by atoms with Gasteiger partial charge in [-0.1, -0.05) is 48.5 Å². The van der Waals surface area contributed by atoms with Crippen LogP contribution in [0.2, 0.25) is 0 Å². The van der Waals surface area contributed by atoms with Crippen molar-refractivity contribution in [2.24, 2.45) is 5.92 Å². The number of carboxylic acid groups (broad SMARTS) is 2. The average molecular weight is 424 g/mol. The van der Waals surface area contributed by atoms with Gasteiger partial charge in [0.05, 0.1) is 5.41 Å². The second-order valence-electron chi connectivity index (χ2n) is 8.20. The van der Waals surface area contributed by atoms with Crippen LogP contribution in [0.15, 0.2) is 66.7 Å². The number of carboxylic acids is 2. The van der Waals surface area contributed by atoms with Gasteiger partial charge in [-0.2, -0.15) is 0 Å². The molecule has 1 fully saturated rings. The molecular formula is C25H29NO5. The minimum atomic E-state index is -1.26. The van der Waals surface area contributed by atoms with Crippen LogP contribution >= 0.6 is 0 Å². The first kappa shape index (κ1) is 22.6. The molecule has 0 aromatic heterocycles. The maximum absolute atomic E-state index is 9.55. The Morgan fingerprint density at radius 3 is 2.26 bits per heavy atom. The number of rotatable bonds is 8. The number of ether oxygens (including phenoxy) is 1. The summed E-state index contributed by atoms with van der Waals surface area (Å²) in [6.07, 6.45) is 5.06. The summed E-state index contributed by atoms with van der Waals surface area (Å²) < 4.78 is 6.08. The smallest absolute Gasteiger partial charge is 0.328 e. The van der Waals surface area contributed by atoms with Crippen LogP contribution in [-0.4, -0.2) is 53.8 Å². The van der Waals surface area contributed by atoms with Crippen molar-refractivity contribution in [3.05, 3.63) is 77.9 Å². The monoisotopic (exact) mass is 423 g/mol. The number of nitrogens with zero attached hydrogens (tertiary/aromatic N) is 1. The lowest BCUT2D eigenvalue weighted by molar-refractivity contribution is -0.134. The Morgan fingerprint density at radius 1 is 1.03 bits per heavy atom. The van der Waals surface area contributed by atoms with Gasteiger partial charge in [0, 0.05) is 24.3 Å². The van der Waals surface area contributed by atoms with E-state index in [1.807, 2.05) is 0 Å². The molecule has 6 heteroatoms.